The van der Waals surface area contributed by atoms with Crippen LogP contribution >= 0.6 is 0 Å². The Kier molecular flexibility index (Phi) is 10.7. The van der Waals surface area contributed by atoms with Gasteiger partial charge in [-0.2, -0.15) is 0 Å². The van der Waals surface area contributed by atoms with E-state index in [9.17, 15) is 34.4 Å². The first-order valence-electron chi connectivity index (χ1n) is 8.10. The van der Waals surface area contributed by atoms with Crippen molar-refractivity contribution in [3.05, 3.63) is 59.7 Å². The van der Waals surface area contributed by atoms with Gasteiger partial charge in [-0.25, -0.2) is 16.8 Å². The van der Waals surface area contributed by atoms with E-state index in [-0.39, 0.29) is 9.79 Å². The predicted octanol–water partition coefficient (Wildman–Crippen LogP) is 1.46. The average Bonchev–Trinajstić information content (AvgIpc) is 2.60. The fourth-order valence-corrected chi connectivity index (χ4v) is 6.28. The molecular formula is C17H20O8RfS4-2. The van der Waals surface area contributed by atoms with Crippen molar-refractivity contribution in [1.82, 2.24) is 0 Å². The van der Waals surface area contributed by atoms with Crippen molar-refractivity contribution in [3.63, 3.8) is 0 Å². The number of hydrogen-bond donors (Lipinski definition) is 0. The third kappa shape index (κ3) is 8.93. The molecule has 0 aromatic heterocycles. The molecule has 8 nitrogen and oxygen atoms in total. The zero-order valence-corrected chi connectivity index (χ0v) is 26.0. The topological polar surface area (TPSA) is 149 Å². The van der Waals surface area contributed by atoms with Crippen molar-refractivity contribution in [1.29, 1.82) is 0 Å². The van der Waals surface area contributed by atoms with E-state index in [0.29, 0.717) is 0 Å². The van der Waals surface area contributed by atoms with Crippen LogP contribution in [0.5, 0.6) is 0 Å². The minimum Gasteiger partial charge on any atom is -0.772 e. The molecule has 0 fully saturated rings. The molecule has 0 saturated heterocycles. The summed E-state index contributed by atoms with van der Waals surface area (Å²) in [7, 11) is -7.39. The Hall–Kier alpha value is -2.44. The van der Waals surface area contributed by atoms with E-state index >= 15 is 0 Å². The third-order valence-corrected chi connectivity index (χ3v) is 9.58. The molecular weight excluding hydrogens is 727 g/mol. The molecule has 0 amide bonds. The van der Waals surface area contributed by atoms with Gasteiger partial charge in [-0.3, -0.25) is 8.42 Å². The molecule has 30 heavy (non-hydrogen) atoms. The maximum Gasteiger partial charge on any atom is 0.189 e. The van der Waals surface area contributed by atoms with Gasteiger partial charge in [0, 0.05) is 0 Å². The summed E-state index contributed by atoms with van der Waals surface area (Å²) < 4.78 is 86.8. The molecule has 2 aromatic rings. The summed E-state index contributed by atoms with van der Waals surface area (Å²) in [5.74, 6) is 0. The summed E-state index contributed by atoms with van der Waals surface area (Å²) in [6.45, 7) is 3.78. The maximum absolute atomic E-state index is 11.4. The van der Waals surface area contributed by atoms with Crippen LogP contribution in [0.4, 0.5) is 0 Å². The zero-order chi connectivity index (χ0) is 22.2. The molecule has 0 bridgehead atoms. The summed E-state index contributed by atoms with van der Waals surface area (Å²) in [6.07, 6.45) is 0.813. The first kappa shape index (κ1) is 27.6. The summed E-state index contributed by atoms with van der Waals surface area (Å²) in [5.41, 5.74) is 1.93. The Morgan fingerprint density at radius 2 is 1.07 bits per heavy atom. The molecule has 164 valence electrons. The molecule has 2 aromatic carbocycles. The monoisotopic (exact) mass is 747 g/mol. The summed E-state index contributed by atoms with van der Waals surface area (Å²) in [5, 5.41) is -1.73. The van der Waals surface area contributed by atoms with E-state index in [4.69, 9.17) is 0 Å². The number of sulfone groups is 2. The molecule has 2 unspecified atom stereocenters. The molecule has 0 radical (unpaired) electrons. The first-order valence-corrected chi connectivity index (χ1v) is 13.9. The van der Waals surface area contributed by atoms with Crippen LogP contribution in [0.3, 0.4) is 0 Å². The van der Waals surface area contributed by atoms with Crippen LogP contribution in [0.15, 0.2) is 58.3 Å². The predicted molar refractivity (Wildman–Crippen MR) is 109 cm³/mol. The SMILES string of the molecule is CCc1ccc(S(=O)(=O)CS(=O)[O-])cc1.Cc1ccc(S(=O)(=O)CS(=O)[O-])cc1.[Rf]. The van der Waals surface area contributed by atoms with Crippen LogP contribution in [0, 0.1) is 6.92 Å². The van der Waals surface area contributed by atoms with Crippen molar-refractivity contribution in [2.75, 3.05) is 10.2 Å². The minimum absolute atomic E-state index is 0. The van der Waals surface area contributed by atoms with Gasteiger partial charge in [0.25, 0.3) is 0 Å². The quantitative estimate of drug-likeness (QED) is 0.387. The summed E-state index contributed by atoms with van der Waals surface area (Å²) in [6, 6.07) is 12.3. The number of hydrogen-bond acceptors (Lipinski definition) is 8. The molecule has 0 N–H and O–H groups in total. The van der Waals surface area contributed by atoms with E-state index in [1.807, 2.05) is 13.8 Å². The van der Waals surface area contributed by atoms with E-state index in [0.717, 1.165) is 17.5 Å². The number of benzene rings is 2. The van der Waals surface area contributed by atoms with Crippen molar-refractivity contribution < 1.29 is 34.4 Å². The Bertz CT molecular complexity index is 1060. The van der Waals surface area contributed by atoms with Crippen molar-refractivity contribution in [2.24, 2.45) is 0 Å². The summed E-state index contributed by atoms with van der Waals surface area (Å²) in [4.78, 5) is 0.0798. The number of rotatable bonds is 7. The fourth-order valence-electron chi connectivity index (χ4n) is 2.07. The standard InChI is InChI=1S/C9H12O4S2.C8H10O4S2.Rf/c1-2-8-3-5-9(6-4-8)15(12,13)7-14(10)11;1-7-2-4-8(5-3-7)14(11,12)6-13(9)10;/h3-6H,2,7H2,1H3,(H,10,11);2-5H,6H2,1H3,(H,9,10);/p-2. The van der Waals surface area contributed by atoms with Crippen LogP contribution in [0.1, 0.15) is 18.1 Å². The molecule has 0 spiro atoms. The van der Waals surface area contributed by atoms with E-state index in [1.54, 1.807) is 24.3 Å². The van der Waals surface area contributed by atoms with Gasteiger partial charge in [0.1, 0.15) is 10.2 Å². The van der Waals surface area contributed by atoms with Crippen molar-refractivity contribution >= 4 is 41.8 Å². The van der Waals surface area contributed by atoms with Crippen LogP contribution in [-0.2, 0) is 48.3 Å². The van der Waals surface area contributed by atoms with Gasteiger partial charge in [-0.1, -0.05) is 36.8 Å². The molecule has 2 atom stereocenters. The van der Waals surface area contributed by atoms with Gasteiger partial charge in [-0.05, 0) is 65.3 Å². The second-order valence-electron chi connectivity index (χ2n) is 5.88. The second-order valence-corrected chi connectivity index (χ2v) is 12.4. The van der Waals surface area contributed by atoms with Gasteiger partial charge >= 0.3 is 0 Å². The van der Waals surface area contributed by atoms with E-state index in [2.05, 4.69) is 0 Å². The fraction of sp³-hybridized carbons (Fsp3) is 0.294. The van der Waals surface area contributed by atoms with Gasteiger partial charge in [0.2, 0.25) is 0 Å². The Labute approximate surface area is 175 Å². The molecule has 0 aliphatic carbocycles. The Morgan fingerprint density at radius 3 is 1.37 bits per heavy atom. The number of aryl methyl sites for hydroxylation is 2. The first-order chi connectivity index (χ1) is 13.4. The molecule has 0 heterocycles. The van der Waals surface area contributed by atoms with Crippen molar-refractivity contribution in [3.8, 4) is 0 Å². The maximum atomic E-state index is 11.4. The molecule has 0 aliphatic rings. The molecule has 2 rings (SSSR count). The average molecular weight is 748 g/mol. The second kappa shape index (κ2) is 11.7. The molecule has 13 heteroatoms. The van der Waals surface area contributed by atoms with Gasteiger partial charge in [0.05, 0.1) is 9.79 Å². The summed E-state index contributed by atoms with van der Waals surface area (Å²) >= 11 is -5.16. The Morgan fingerprint density at radius 1 is 0.733 bits per heavy atom. The van der Waals surface area contributed by atoms with Crippen LogP contribution in [0.25, 0.3) is 0 Å². The van der Waals surface area contributed by atoms with Gasteiger partial charge < -0.3 is 9.11 Å². The Balaban J connectivity index is 0.000000544. The van der Waals surface area contributed by atoms with Gasteiger partial charge in [-0.15, -0.1) is 0 Å². The van der Waals surface area contributed by atoms with E-state index < -0.39 is 52.0 Å². The van der Waals surface area contributed by atoms with E-state index in [1.165, 1.54) is 24.3 Å². The van der Waals surface area contributed by atoms with Gasteiger partial charge in [0.15, 0.2) is 19.7 Å². The van der Waals surface area contributed by atoms with Crippen LogP contribution in [0.2, 0.25) is 0 Å². The molecule has 0 saturated carbocycles. The molecule has 0 aliphatic heterocycles. The smallest absolute Gasteiger partial charge is 0.189 e. The third-order valence-electron chi connectivity index (χ3n) is 3.57. The van der Waals surface area contributed by atoms with Crippen molar-refractivity contribution in [2.45, 2.75) is 30.1 Å². The normalized spacial score (nSPS) is 13.3. The minimum atomic E-state index is -3.70. The van der Waals surface area contributed by atoms with Crippen LogP contribution < -0.4 is 0 Å². The van der Waals surface area contributed by atoms with Crippen LogP contribution in [-0.4, -0.2) is 44.5 Å². The largest absolute Gasteiger partial charge is 0.772 e. The zero-order valence-electron chi connectivity index (χ0n) is 16.3.